The summed E-state index contributed by atoms with van der Waals surface area (Å²) in [4.78, 5) is 17.4. The maximum absolute atomic E-state index is 13.1. The molecule has 2 aromatic rings. The Kier molecular flexibility index (Phi) is 6.84. The first-order valence-corrected chi connectivity index (χ1v) is 10.4. The smallest absolute Gasteiger partial charge is 0.229 e. The van der Waals surface area contributed by atoms with Crippen LogP contribution in [-0.4, -0.2) is 29.9 Å². The third-order valence-corrected chi connectivity index (χ3v) is 5.60. The molecule has 0 atom stereocenters. The Labute approximate surface area is 168 Å². The lowest BCUT2D eigenvalue weighted by Gasteiger charge is -2.39. The van der Waals surface area contributed by atoms with Gasteiger partial charge in [0, 0.05) is 37.3 Å². The number of hydrogen-bond donors (Lipinski definition) is 0. The highest BCUT2D eigenvalue weighted by molar-refractivity contribution is 5.95. The third kappa shape index (κ3) is 4.99. The number of halogens is 1. The minimum absolute atomic E-state index is 0.0249. The fourth-order valence-corrected chi connectivity index (χ4v) is 3.87. The first-order valence-electron chi connectivity index (χ1n) is 10.4. The average molecular weight is 383 g/mol. The topological polar surface area (TPSA) is 23.6 Å². The number of nitrogens with zero attached hydrogens (tertiary/aromatic N) is 2. The summed E-state index contributed by atoms with van der Waals surface area (Å²) in [7, 11) is 0. The molecule has 1 aliphatic rings. The number of amides is 1. The van der Waals surface area contributed by atoms with Gasteiger partial charge in [-0.1, -0.05) is 45.0 Å². The molecule has 0 aromatic heterocycles. The predicted molar refractivity (Wildman–Crippen MR) is 113 cm³/mol. The van der Waals surface area contributed by atoms with E-state index in [4.69, 9.17) is 0 Å². The van der Waals surface area contributed by atoms with Gasteiger partial charge in [0.15, 0.2) is 0 Å². The summed E-state index contributed by atoms with van der Waals surface area (Å²) in [6.07, 6.45) is 2.91. The van der Waals surface area contributed by atoms with Crippen molar-refractivity contribution in [3.63, 3.8) is 0 Å². The van der Waals surface area contributed by atoms with Crippen LogP contribution in [0.5, 0.6) is 0 Å². The summed E-state index contributed by atoms with van der Waals surface area (Å²) in [6.45, 7) is 8.80. The van der Waals surface area contributed by atoms with Crippen molar-refractivity contribution >= 4 is 11.6 Å². The fraction of sp³-hybridized carbons (Fsp3) is 0.458. The largest absolute Gasteiger partial charge is 0.309 e. The molecule has 3 rings (SSSR count). The Hall–Kier alpha value is -2.20. The molecule has 0 saturated carbocycles. The van der Waals surface area contributed by atoms with Crippen LogP contribution in [0.25, 0.3) is 0 Å². The molecule has 0 N–H and O–H groups in total. The van der Waals surface area contributed by atoms with Crippen molar-refractivity contribution in [2.45, 2.75) is 52.6 Å². The minimum Gasteiger partial charge on any atom is -0.309 e. The van der Waals surface area contributed by atoms with E-state index in [1.165, 1.54) is 17.7 Å². The van der Waals surface area contributed by atoms with E-state index in [-0.39, 0.29) is 23.7 Å². The number of aryl methyl sites for hydroxylation is 1. The number of rotatable bonds is 6. The Balaban J connectivity index is 1.68. The van der Waals surface area contributed by atoms with Crippen LogP contribution in [-0.2, 0) is 17.8 Å². The highest BCUT2D eigenvalue weighted by atomic mass is 19.1. The van der Waals surface area contributed by atoms with E-state index in [0.29, 0.717) is 0 Å². The monoisotopic (exact) mass is 382 g/mol. The Morgan fingerprint density at radius 2 is 1.61 bits per heavy atom. The molecule has 0 bridgehead atoms. The maximum atomic E-state index is 13.1. The van der Waals surface area contributed by atoms with Gasteiger partial charge < -0.3 is 4.90 Å². The van der Waals surface area contributed by atoms with Crippen molar-refractivity contribution in [3.8, 4) is 0 Å². The van der Waals surface area contributed by atoms with Crippen molar-refractivity contribution in [1.29, 1.82) is 0 Å². The van der Waals surface area contributed by atoms with Crippen LogP contribution < -0.4 is 4.90 Å². The number of carbonyl (C=O) groups excluding carboxylic acids is 1. The fourth-order valence-electron chi connectivity index (χ4n) is 3.87. The minimum atomic E-state index is -0.195. The van der Waals surface area contributed by atoms with Crippen LogP contribution in [0, 0.1) is 11.7 Å². The van der Waals surface area contributed by atoms with Crippen LogP contribution in [0.4, 0.5) is 10.1 Å². The molecule has 0 aliphatic carbocycles. The average Bonchev–Trinajstić information content (AvgIpc) is 2.71. The van der Waals surface area contributed by atoms with Crippen molar-refractivity contribution in [2.24, 2.45) is 5.92 Å². The van der Waals surface area contributed by atoms with Gasteiger partial charge in [0.2, 0.25) is 5.91 Å². The van der Waals surface area contributed by atoms with Gasteiger partial charge in [-0.05, 0) is 54.7 Å². The van der Waals surface area contributed by atoms with Crippen molar-refractivity contribution in [3.05, 3.63) is 65.5 Å². The lowest BCUT2D eigenvalue weighted by Crippen LogP contribution is -2.48. The van der Waals surface area contributed by atoms with Crippen LogP contribution in [0.1, 0.15) is 44.7 Å². The number of benzene rings is 2. The molecule has 1 fully saturated rings. The molecule has 0 unspecified atom stereocenters. The molecule has 0 spiro atoms. The van der Waals surface area contributed by atoms with E-state index in [2.05, 4.69) is 36.1 Å². The van der Waals surface area contributed by atoms with Crippen LogP contribution in [0.2, 0.25) is 0 Å². The lowest BCUT2D eigenvalue weighted by molar-refractivity contribution is -0.122. The van der Waals surface area contributed by atoms with Gasteiger partial charge in [0.05, 0.1) is 0 Å². The van der Waals surface area contributed by atoms with Crippen LogP contribution >= 0.6 is 0 Å². The second-order valence-electron chi connectivity index (χ2n) is 8.02. The second-order valence-corrected chi connectivity index (χ2v) is 8.02. The number of piperidine rings is 1. The molecular weight excluding hydrogens is 351 g/mol. The van der Waals surface area contributed by atoms with E-state index in [9.17, 15) is 9.18 Å². The Bertz CT molecular complexity index is 762. The highest BCUT2D eigenvalue weighted by Gasteiger charge is 2.30. The SMILES string of the molecule is CCc1ccc(N(C(=O)C(C)C)C2CCN(Cc3ccc(F)cc3)CC2)cc1. The molecule has 4 heteroatoms. The quantitative estimate of drug-likeness (QED) is 0.699. The number of anilines is 1. The second kappa shape index (κ2) is 9.33. The molecule has 150 valence electrons. The molecule has 1 aliphatic heterocycles. The summed E-state index contributed by atoms with van der Waals surface area (Å²) in [5.74, 6) is -0.0243. The molecule has 0 radical (unpaired) electrons. The molecule has 1 saturated heterocycles. The Morgan fingerprint density at radius 1 is 1.04 bits per heavy atom. The van der Waals surface area contributed by atoms with E-state index < -0.39 is 0 Å². The third-order valence-electron chi connectivity index (χ3n) is 5.60. The summed E-state index contributed by atoms with van der Waals surface area (Å²) in [5.41, 5.74) is 3.42. The van der Waals surface area contributed by atoms with Gasteiger partial charge in [-0.25, -0.2) is 4.39 Å². The summed E-state index contributed by atoms with van der Waals surface area (Å²) < 4.78 is 13.1. The Morgan fingerprint density at radius 3 is 2.14 bits per heavy atom. The zero-order chi connectivity index (χ0) is 20.1. The maximum Gasteiger partial charge on any atom is 0.229 e. The van der Waals surface area contributed by atoms with Gasteiger partial charge >= 0.3 is 0 Å². The zero-order valence-corrected chi connectivity index (χ0v) is 17.2. The molecule has 1 amide bonds. The highest BCUT2D eigenvalue weighted by Crippen LogP contribution is 2.27. The normalized spacial score (nSPS) is 15.8. The van der Waals surface area contributed by atoms with Crippen molar-refractivity contribution in [1.82, 2.24) is 4.90 Å². The molecule has 3 nitrogen and oxygen atoms in total. The standard InChI is InChI=1S/C24H31FN2O/c1-4-19-7-11-22(12-8-19)27(24(28)18(2)3)23-13-15-26(16-14-23)17-20-5-9-21(25)10-6-20/h5-12,18,23H,4,13-17H2,1-3H3. The summed E-state index contributed by atoms with van der Waals surface area (Å²) >= 11 is 0. The van der Waals surface area contributed by atoms with E-state index >= 15 is 0 Å². The van der Waals surface area contributed by atoms with Gasteiger partial charge in [0.1, 0.15) is 5.82 Å². The lowest BCUT2D eigenvalue weighted by atomic mass is 9.99. The van der Waals surface area contributed by atoms with Crippen LogP contribution in [0.15, 0.2) is 48.5 Å². The zero-order valence-electron chi connectivity index (χ0n) is 17.2. The molecule has 1 heterocycles. The number of likely N-dealkylation sites (tertiary alicyclic amines) is 1. The van der Waals surface area contributed by atoms with E-state index in [1.807, 2.05) is 30.9 Å². The molecule has 2 aromatic carbocycles. The van der Waals surface area contributed by atoms with Gasteiger partial charge in [-0.15, -0.1) is 0 Å². The van der Waals surface area contributed by atoms with Gasteiger partial charge in [-0.2, -0.15) is 0 Å². The van der Waals surface area contributed by atoms with Gasteiger partial charge in [-0.3, -0.25) is 9.69 Å². The van der Waals surface area contributed by atoms with E-state index in [1.54, 1.807) is 0 Å². The van der Waals surface area contributed by atoms with E-state index in [0.717, 1.165) is 50.1 Å². The molecule has 28 heavy (non-hydrogen) atoms. The first-order chi connectivity index (χ1) is 13.5. The predicted octanol–water partition coefficient (Wildman–Crippen LogP) is 5.04. The van der Waals surface area contributed by atoms with Crippen molar-refractivity contribution < 1.29 is 9.18 Å². The summed E-state index contributed by atoms with van der Waals surface area (Å²) in [6, 6.07) is 15.4. The molecular formula is C24H31FN2O. The number of hydrogen-bond acceptors (Lipinski definition) is 2. The summed E-state index contributed by atoms with van der Waals surface area (Å²) in [5, 5.41) is 0. The first kappa shape index (κ1) is 20.5. The van der Waals surface area contributed by atoms with Crippen LogP contribution in [0.3, 0.4) is 0 Å². The van der Waals surface area contributed by atoms with Crippen molar-refractivity contribution in [2.75, 3.05) is 18.0 Å². The number of carbonyl (C=O) groups is 1. The van der Waals surface area contributed by atoms with Gasteiger partial charge in [0.25, 0.3) is 0 Å².